The largest absolute Gasteiger partial charge is 0.493 e. The van der Waals surface area contributed by atoms with Gasteiger partial charge in [0.05, 0.1) is 25.9 Å². The lowest BCUT2D eigenvalue weighted by molar-refractivity contribution is 0.0600. The number of hydrogen-bond donors (Lipinski definition) is 0. The van der Waals surface area contributed by atoms with Gasteiger partial charge < -0.3 is 14.2 Å². The third-order valence-electron chi connectivity index (χ3n) is 2.92. The number of methoxy groups -OCH3 is 1. The van der Waals surface area contributed by atoms with Crippen LogP contribution in [0.1, 0.15) is 16.8 Å². The number of benzene rings is 2. The van der Waals surface area contributed by atoms with Crippen molar-refractivity contribution in [3.63, 3.8) is 0 Å². The molecule has 0 aliphatic carbocycles. The molecule has 0 radical (unpaired) electrons. The van der Waals surface area contributed by atoms with E-state index in [-0.39, 0.29) is 11.8 Å². The van der Waals surface area contributed by atoms with Crippen LogP contribution in [0.3, 0.4) is 0 Å². The van der Waals surface area contributed by atoms with E-state index in [0.29, 0.717) is 36.7 Å². The van der Waals surface area contributed by atoms with Gasteiger partial charge in [-0.2, -0.15) is 0 Å². The Morgan fingerprint density at radius 3 is 1.91 bits per heavy atom. The van der Waals surface area contributed by atoms with E-state index in [1.165, 1.54) is 19.2 Å². The molecule has 0 unspecified atom stereocenters. The van der Waals surface area contributed by atoms with Crippen LogP contribution in [0.4, 0.5) is 4.39 Å². The number of esters is 1. The lowest BCUT2D eigenvalue weighted by atomic mass is 10.2. The molecule has 0 saturated carbocycles. The van der Waals surface area contributed by atoms with Crippen LogP contribution in [0.2, 0.25) is 0 Å². The third-order valence-corrected chi connectivity index (χ3v) is 2.92. The summed E-state index contributed by atoms with van der Waals surface area (Å²) in [6, 6.07) is 12.6. The Hall–Kier alpha value is -2.56. The molecule has 0 saturated heterocycles. The minimum Gasteiger partial charge on any atom is -0.493 e. The second-order valence-electron chi connectivity index (χ2n) is 4.52. The highest BCUT2D eigenvalue weighted by Gasteiger charge is 2.04. The Labute approximate surface area is 128 Å². The Morgan fingerprint density at radius 2 is 1.41 bits per heavy atom. The predicted octanol–water partition coefficient (Wildman–Crippen LogP) is 3.46. The number of ether oxygens (including phenoxy) is 3. The van der Waals surface area contributed by atoms with Crippen LogP contribution in [0.25, 0.3) is 0 Å². The molecule has 0 amide bonds. The summed E-state index contributed by atoms with van der Waals surface area (Å²) in [5.41, 5.74) is 0.481. The van der Waals surface area contributed by atoms with Gasteiger partial charge in [-0.25, -0.2) is 9.18 Å². The van der Waals surface area contributed by atoms with Crippen molar-refractivity contribution in [3.05, 3.63) is 59.9 Å². The van der Waals surface area contributed by atoms with Crippen molar-refractivity contribution in [2.24, 2.45) is 0 Å². The Bertz CT molecular complexity index is 593. The number of carbonyl (C=O) groups excluding carboxylic acids is 1. The van der Waals surface area contributed by atoms with Crippen LogP contribution >= 0.6 is 0 Å². The van der Waals surface area contributed by atoms with Gasteiger partial charge in [0.2, 0.25) is 0 Å². The highest BCUT2D eigenvalue weighted by Crippen LogP contribution is 2.14. The minimum absolute atomic E-state index is 0.286. The highest BCUT2D eigenvalue weighted by molar-refractivity contribution is 5.89. The van der Waals surface area contributed by atoms with Crippen molar-refractivity contribution in [2.45, 2.75) is 6.42 Å². The molecule has 0 aromatic heterocycles. The van der Waals surface area contributed by atoms with E-state index >= 15 is 0 Å². The zero-order valence-corrected chi connectivity index (χ0v) is 12.3. The second-order valence-corrected chi connectivity index (χ2v) is 4.52. The molecule has 4 nitrogen and oxygen atoms in total. The fraction of sp³-hybridized carbons (Fsp3) is 0.235. The van der Waals surface area contributed by atoms with E-state index < -0.39 is 0 Å². The van der Waals surface area contributed by atoms with Crippen molar-refractivity contribution in [2.75, 3.05) is 20.3 Å². The average Bonchev–Trinajstić information content (AvgIpc) is 2.56. The van der Waals surface area contributed by atoms with E-state index in [9.17, 15) is 9.18 Å². The number of rotatable bonds is 7. The quantitative estimate of drug-likeness (QED) is 0.580. The molecule has 0 atom stereocenters. The molecule has 116 valence electrons. The molecule has 22 heavy (non-hydrogen) atoms. The summed E-state index contributed by atoms with van der Waals surface area (Å²) in [7, 11) is 1.34. The van der Waals surface area contributed by atoms with Gasteiger partial charge in [0.25, 0.3) is 0 Å². The summed E-state index contributed by atoms with van der Waals surface area (Å²) in [6.45, 7) is 0.963. The fourth-order valence-electron chi connectivity index (χ4n) is 1.77. The first-order chi connectivity index (χ1) is 10.7. The molecule has 0 aliphatic heterocycles. The summed E-state index contributed by atoms with van der Waals surface area (Å²) in [6.07, 6.45) is 0.691. The number of carbonyl (C=O) groups is 1. The Balaban J connectivity index is 1.68. The Kier molecular flexibility index (Phi) is 5.77. The van der Waals surface area contributed by atoms with E-state index in [4.69, 9.17) is 9.47 Å². The zero-order chi connectivity index (χ0) is 15.8. The second kappa shape index (κ2) is 8.02. The molecule has 0 bridgehead atoms. The zero-order valence-electron chi connectivity index (χ0n) is 12.3. The molecule has 0 spiro atoms. The number of hydrogen-bond acceptors (Lipinski definition) is 4. The van der Waals surface area contributed by atoms with Crippen LogP contribution in [-0.2, 0) is 4.74 Å². The first-order valence-electron chi connectivity index (χ1n) is 6.88. The molecule has 5 heteroatoms. The molecule has 2 aromatic carbocycles. The SMILES string of the molecule is COC(=O)c1ccc(OCCCOc2ccc(F)cc2)cc1. The Morgan fingerprint density at radius 1 is 0.909 bits per heavy atom. The van der Waals surface area contributed by atoms with Gasteiger partial charge in [0.1, 0.15) is 17.3 Å². The normalized spacial score (nSPS) is 10.1. The maximum Gasteiger partial charge on any atom is 0.337 e. The molecule has 0 fully saturated rings. The van der Waals surface area contributed by atoms with Gasteiger partial charge in [-0.15, -0.1) is 0 Å². The van der Waals surface area contributed by atoms with E-state index in [2.05, 4.69) is 4.74 Å². The molecular formula is C17H17FO4. The fourth-order valence-corrected chi connectivity index (χ4v) is 1.77. The molecule has 0 aliphatic rings. The van der Waals surface area contributed by atoms with Gasteiger partial charge in [0.15, 0.2) is 0 Å². The number of halogens is 1. The van der Waals surface area contributed by atoms with Gasteiger partial charge in [-0.1, -0.05) is 0 Å². The standard InChI is InChI=1S/C17H17FO4/c1-20-17(19)13-3-7-15(8-4-13)21-11-2-12-22-16-9-5-14(18)6-10-16/h3-10H,2,11-12H2,1H3. The third kappa shape index (κ3) is 4.77. The lowest BCUT2D eigenvalue weighted by Crippen LogP contribution is -2.05. The maximum absolute atomic E-state index is 12.7. The highest BCUT2D eigenvalue weighted by atomic mass is 19.1. The van der Waals surface area contributed by atoms with Crippen molar-refractivity contribution >= 4 is 5.97 Å². The van der Waals surface area contributed by atoms with E-state index in [1.54, 1.807) is 36.4 Å². The maximum atomic E-state index is 12.7. The summed E-state index contributed by atoms with van der Waals surface area (Å²) < 4.78 is 28.3. The first-order valence-corrected chi connectivity index (χ1v) is 6.88. The van der Waals surface area contributed by atoms with Crippen molar-refractivity contribution in [1.82, 2.24) is 0 Å². The monoisotopic (exact) mass is 304 g/mol. The molecular weight excluding hydrogens is 287 g/mol. The molecule has 2 rings (SSSR count). The topological polar surface area (TPSA) is 44.8 Å². The average molecular weight is 304 g/mol. The van der Waals surface area contributed by atoms with Gasteiger partial charge >= 0.3 is 5.97 Å². The summed E-state index contributed by atoms with van der Waals surface area (Å²) in [4.78, 5) is 11.3. The van der Waals surface area contributed by atoms with Crippen LogP contribution in [0, 0.1) is 5.82 Å². The van der Waals surface area contributed by atoms with Gasteiger partial charge in [-0.3, -0.25) is 0 Å². The van der Waals surface area contributed by atoms with Crippen molar-refractivity contribution < 1.29 is 23.4 Å². The molecule has 0 N–H and O–H groups in total. The van der Waals surface area contributed by atoms with Gasteiger partial charge in [0, 0.05) is 6.42 Å². The van der Waals surface area contributed by atoms with Crippen LogP contribution in [-0.4, -0.2) is 26.3 Å². The van der Waals surface area contributed by atoms with Crippen molar-refractivity contribution in [3.8, 4) is 11.5 Å². The summed E-state index contributed by atoms with van der Waals surface area (Å²) in [5.74, 6) is 0.642. The molecule has 0 heterocycles. The summed E-state index contributed by atoms with van der Waals surface area (Å²) >= 11 is 0. The van der Waals surface area contributed by atoms with Crippen LogP contribution in [0.5, 0.6) is 11.5 Å². The van der Waals surface area contributed by atoms with E-state index in [1.807, 2.05) is 0 Å². The smallest absolute Gasteiger partial charge is 0.337 e. The minimum atomic E-state index is -0.376. The molecule has 2 aromatic rings. The van der Waals surface area contributed by atoms with Crippen LogP contribution < -0.4 is 9.47 Å². The van der Waals surface area contributed by atoms with E-state index in [0.717, 1.165) is 0 Å². The predicted molar refractivity (Wildman–Crippen MR) is 79.8 cm³/mol. The van der Waals surface area contributed by atoms with Crippen molar-refractivity contribution in [1.29, 1.82) is 0 Å². The first kappa shape index (κ1) is 15.8. The lowest BCUT2D eigenvalue weighted by Gasteiger charge is -2.08. The van der Waals surface area contributed by atoms with Gasteiger partial charge in [-0.05, 0) is 48.5 Å². The summed E-state index contributed by atoms with van der Waals surface area (Å²) in [5, 5.41) is 0. The van der Waals surface area contributed by atoms with Crippen LogP contribution in [0.15, 0.2) is 48.5 Å².